The lowest BCUT2D eigenvalue weighted by molar-refractivity contribution is -0.122. The minimum atomic E-state index is -1.81. The van der Waals surface area contributed by atoms with Crippen molar-refractivity contribution < 1.29 is 9.18 Å². The summed E-state index contributed by atoms with van der Waals surface area (Å²) in [6.45, 7) is 1.25. The maximum atomic E-state index is 13.6. The van der Waals surface area contributed by atoms with Gasteiger partial charge in [0.1, 0.15) is 0 Å². The molecule has 0 fully saturated rings. The van der Waals surface area contributed by atoms with Gasteiger partial charge in [0.25, 0.3) is 0 Å². The Kier molecular flexibility index (Phi) is 3.89. The van der Waals surface area contributed by atoms with Crippen LogP contribution in [0.2, 0.25) is 5.02 Å². The van der Waals surface area contributed by atoms with Crippen LogP contribution in [-0.4, -0.2) is 9.46 Å². The highest BCUT2D eigenvalue weighted by Crippen LogP contribution is 2.27. The summed E-state index contributed by atoms with van der Waals surface area (Å²) in [7, 11) is 0. The summed E-state index contributed by atoms with van der Waals surface area (Å²) in [6, 6.07) is 6.81. The third-order valence-corrected chi connectivity index (χ3v) is 3.25. The van der Waals surface area contributed by atoms with Crippen molar-refractivity contribution in [2.75, 3.05) is 0 Å². The molecule has 0 heterocycles. The number of rotatable bonds is 3. The van der Waals surface area contributed by atoms with Crippen LogP contribution in [0.5, 0.6) is 0 Å². The van der Waals surface area contributed by atoms with Crippen molar-refractivity contribution in [3.05, 3.63) is 34.9 Å². The first-order valence-corrected chi connectivity index (χ1v) is 5.51. The SMILES string of the molecule is CC(=O)C(F)(I)Cc1ccc(Cl)cc1. The van der Waals surface area contributed by atoms with Crippen LogP contribution in [0.15, 0.2) is 24.3 Å². The molecule has 14 heavy (non-hydrogen) atoms. The second kappa shape index (κ2) is 4.57. The van der Waals surface area contributed by atoms with E-state index in [1.165, 1.54) is 29.5 Å². The summed E-state index contributed by atoms with van der Waals surface area (Å²) in [5, 5.41) is 0.606. The van der Waals surface area contributed by atoms with Crippen LogP contribution in [0, 0.1) is 0 Å². The molecule has 0 bridgehead atoms. The lowest BCUT2D eigenvalue weighted by Crippen LogP contribution is -2.26. The predicted molar refractivity (Wildman–Crippen MR) is 63.7 cm³/mol. The molecule has 0 spiro atoms. The molecule has 1 aromatic carbocycles. The molecule has 0 amide bonds. The van der Waals surface area contributed by atoms with Gasteiger partial charge in [-0.15, -0.1) is 0 Å². The Bertz CT molecular complexity index is 334. The minimum absolute atomic E-state index is 0.0834. The molecule has 1 aromatic rings. The topological polar surface area (TPSA) is 17.1 Å². The number of halogens is 3. The molecule has 0 saturated carbocycles. The first-order chi connectivity index (χ1) is 6.42. The Balaban J connectivity index is 2.79. The van der Waals surface area contributed by atoms with Crippen LogP contribution in [0.25, 0.3) is 0 Å². The second-order valence-corrected chi connectivity index (χ2v) is 5.21. The summed E-state index contributed by atoms with van der Waals surface area (Å²) in [5.41, 5.74) is 0.765. The Hall–Kier alpha value is -0.160. The van der Waals surface area contributed by atoms with Crippen molar-refractivity contribution in [3.63, 3.8) is 0 Å². The van der Waals surface area contributed by atoms with Gasteiger partial charge in [-0.05, 0) is 47.2 Å². The van der Waals surface area contributed by atoms with E-state index in [0.717, 1.165) is 5.56 Å². The third-order valence-electron chi connectivity index (χ3n) is 1.85. The second-order valence-electron chi connectivity index (χ2n) is 3.06. The van der Waals surface area contributed by atoms with E-state index in [1.54, 1.807) is 24.3 Å². The summed E-state index contributed by atoms with van der Waals surface area (Å²) >= 11 is 7.21. The lowest BCUT2D eigenvalue weighted by atomic mass is 10.1. The molecule has 76 valence electrons. The molecular formula is C10H9ClFIO. The molecule has 0 aliphatic heterocycles. The predicted octanol–water partition coefficient (Wildman–Crippen LogP) is 3.57. The van der Waals surface area contributed by atoms with Gasteiger partial charge in [0.15, 0.2) is 5.78 Å². The van der Waals surface area contributed by atoms with Crippen LogP contribution in [0.4, 0.5) is 4.39 Å². The van der Waals surface area contributed by atoms with Gasteiger partial charge in [0.2, 0.25) is 3.68 Å². The minimum Gasteiger partial charge on any atom is -0.295 e. The summed E-state index contributed by atoms with van der Waals surface area (Å²) in [6.07, 6.45) is 0.0834. The zero-order valence-electron chi connectivity index (χ0n) is 7.56. The first-order valence-electron chi connectivity index (χ1n) is 4.05. The zero-order valence-corrected chi connectivity index (χ0v) is 10.5. The molecular weight excluding hydrogens is 317 g/mol. The van der Waals surface area contributed by atoms with E-state index in [9.17, 15) is 9.18 Å². The van der Waals surface area contributed by atoms with Crippen molar-refractivity contribution in [1.82, 2.24) is 0 Å². The van der Waals surface area contributed by atoms with E-state index < -0.39 is 9.46 Å². The van der Waals surface area contributed by atoms with Gasteiger partial charge in [-0.2, -0.15) is 0 Å². The number of benzene rings is 1. The van der Waals surface area contributed by atoms with Gasteiger partial charge in [-0.25, -0.2) is 4.39 Å². The molecule has 4 heteroatoms. The Morgan fingerprint density at radius 2 is 2.00 bits per heavy atom. The Labute approximate surface area is 101 Å². The fourth-order valence-electron chi connectivity index (χ4n) is 0.983. The number of Topliss-reactive ketones (excluding diaryl/α,β-unsaturated/α-hetero) is 1. The van der Waals surface area contributed by atoms with E-state index in [2.05, 4.69) is 0 Å². The number of carbonyl (C=O) groups is 1. The Morgan fingerprint density at radius 1 is 1.50 bits per heavy atom. The van der Waals surface area contributed by atoms with E-state index in [4.69, 9.17) is 11.6 Å². The fourth-order valence-corrected chi connectivity index (χ4v) is 1.55. The van der Waals surface area contributed by atoms with Crippen molar-refractivity contribution in [2.45, 2.75) is 17.0 Å². The summed E-state index contributed by atoms with van der Waals surface area (Å²) in [5.74, 6) is -0.465. The molecule has 0 saturated heterocycles. The molecule has 1 unspecified atom stereocenters. The van der Waals surface area contributed by atoms with Crippen molar-refractivity contribution in [1.29, 1.82) is 0 Å². The van der Waals surface area contributed by atoms with Crippen LogP contribution >= 0.6 is 34.2 Å². The maximum absolute atomic E-state index is 13.6. The fraction of sp³-hybridized carbons (Fsp3) is 0.300. The number of ketones is 1. The quantitative estimate of drug-likeness (QED) is 0.613. The van der Waals surface area contributed by atoms with Gasteiger partial charge in [-0.1, -0.05) is 23.7 Å². The van der Waals surface area contributed by atoms with Crippen LogP contribution in [0.1, 0.15) is 12.5 Å². The van der Waals surface area contributed by atoms with Crippen LogP contribution < -0.4 is 0 Å². The molecule has 0 radical (unpaired) electrons. The lowest BCUT2D eigenvalue weighted by Gasteiger charge is -2.14. The Morgan fingerprint density at radius 3 is 2.43 bits per heavy atom. The molecule has 1 rings (SSSR count). The largest absolute Gasteiger partial charge is 0.295 e. The number of hydrogen-bond acceptors (Lipinski definition) is 1. The van der Waals surface area contributed by atoms with E-state index in [1.807, 2.05) is 0 Å². The van der Waals surface area contributed by atoms with Gasteiger partial charge in [-0.3, -0.25) is 4.79 Å². The average molecular weight is 327 g/mol. The summed E-state index contributed by atoms with van der Waals surface area (Å²) < 4.78 is 11.8. The number of alkyl halides is 2. The average Bonchev–Trinajstić information content (AvgIpc) is 2.08. The van der Waals surface area contributed by atoms with Crippen LogP contribution in [-0.2, 0) is 11.2 Å². The number of hydrogen-bond donors (Lipinski definition) is 0. The highest BCUT2D eigenvalue weighted by molar-refractivity contribution is 14.1. The summed E-state index contributed by atoms with van der Waals surface area (Å²) in [4.78, 5) is 10.9. The smallest absolute Gasteiger partial charge is 0.222 e. The monoisotopic (exact) mass is 326 g/mol. The van der Waals surface area contributed by atoms with Gasteiger partial charge in [0.05, 0.1) is 0 Å². The molecule has 1 atom stereocenters. The van der Waals surface area contributed by atoms with E-state index >= 15 is 0 Å². The van der Waals surface area contributed by atoms with Crippen LogP contribution in [0.3, 0.4) is 0 Å². The van der Waals surface area contributed by atoms with Crippen molar-refractivity contribution in [3.8, 4) is 0 Å². The van der Waals surface area contributed by atoms with Crippen molar-refractivity contribution >= 4 is 40.0 Å². The molecule has 0 N–H and O–H groups in total. The van der Waals surface area contributed by atoms with Gasteiger partial charge < -0.3 is 0 Å². The number of carbonyl (C=O) groups excluding carboxylic acids is 1. The first kappa shape index (κ1) is 11.9. The molecule has 0 aromatic heterocycles. The third kappa shape index (κ3) is 3.20. The zero-order chi connectivity index (χ0) is 10.8. The standard InChI is InChI=1S/C10H9ClFIO/c1-7(14)10(12,13)6-8-2-4-9(11)5-3-8/h2-5H,6H2,1H3. The van der Waals surface area contributed by atoms with E-state index in [-0.39, 0.29) is 6.42 Å². The highest BCUT2D eigenvalue weighted by Gasteiger charge is 2.31. The normalized spacial score (nSPS) is 14.9. The molecule has 0 aliphatic carbocycles. The maximum Gasteiger partial charge on any atom is 0.222 e. The van der Waals surface area contributed by atoms with Crippen molar-refractivity contribution in [2.24, 2.45) is 0 Å². The molecule has 1 nitrogen and oxygen atoms in total. The van der Waals surface area contributed by atoms with Gasteiger partial charge >= 0.3 is 0 Å². The van der Waals surface area contributed by atoms with Gasteiger partial charge in [0, 0.05) is 11.4 Å². The molecule has 0 aliphatic rings. The highest BCUT2D eigenvalue weighted by atomic mass is 127. The van der Waals surface area contributed by atoms with E-state index in [0.29, 0.717) is 5.02 Å².